The highest BCUT2D eigenvalue weighted by molar-refractivity contribution is 6.06. The molecule has 2 heteroatoms. The van der Waals surface area contributed by atoms with Crippen molar-refractivity contribution < 1.29 is 10.2 Å². The smallest absolute Gasteiger partial charge is 0.166 e. The highest BCUT2D eigenvalue weighted by Crippen LogP contribution is 2.55. The number of benzene rings is 5. The van der Waals surface area contributed by atoms with Crippen LogP contribution in [-0.4, -0.2) is 10.2 Å². The van der Waals surface area contributed by atoms with E-state index in [-0.39, 0.29) is 11.5 Å². The fourth-order valence-corrected chi connectivity index (χ4v) is 4.28. The van der Waals surface area contributed by atoms with Gasteiger partial charge in [-0.3, -0.25) is 0 Å². The molecule has 5 rings (SSSR count). The molecule has 2 N–H and O–H groups in total. The fraction of sp³-hybridized carbons (Fsp3) is 0. The lowest BCUT2D eigenvalue weighted by Gasteiger charge is -2.23. The van der Waals surface area contributed by atoms with Crippen molar-refractivity contribution in [2.24, 2.45) is 0 Å². The van der Waals surface area contributed by atoms with Gasteiger partial charge in [-0.05, 0) is 22.3 Å². The molecule has 0 aliphatic rings. The predicted octanol–water partition coefficient (Wildman–Crippen LogP) is 7.77. The van der Waals surface area contributed by atoms with Gasteiger partial charge in [0.15, 0.2) is 11.5 Å². The zero-order chi connectivity index (χ0) is 21.9. The summed E-state index contributed by atoms with van der Waals surface area (Å²) in [6.07, 6.45) is 0. The molecule has 2 nitrogen and oxygen atoms in total. The Hall–Kier alpha value is -4.30. The zero-order valence-corrected chi connectivity index (χ0v) is 17.4. The first-order valence-electron chi connectivity index (χ1n) is 10.6. The van der Waals surface area contributed by atoms with E-state index in [1.54, 1.807) is 0 Å². The number of aromatic hydroxyl groups is 2. The fourth-order valence-electron chi connectivity index (χ4n) is 4.28. The Morgan fingerprint density at radius 1 is 0.281 bits per heavy atom. The molecular formula is C30H22O2. The molecule has 5 aromatic carbocycles. The van der Waals surface area contributed by atoms with E-state index >= 15 is 0 Å². The van der Waals surface area contributed by atoms with E-state index in [2.05, 4.69) is 0 Å². The van der Waals surface area contributed by atoms with Gasteiger partial charge < -0.3 is 10.2 Å². The lowest BCUT2D eigenvalue weighted by atomic mass is 9.81. The average Bonchev–Trinajstić information content (AvgIpc) is 2.87. The Morgan fingerprint density at radius 3 is 0.750 bits per heavy atom. The van der Waals surface area contributed by atoms with Gasteiger partial charge >= 0.3 is 0 Å². The van der Waals surface area contributed by atoms with Gasteiger partial charge in [0.05, 0.1) is 0 Å². The van der Waals surface area contributed by atoms with Crippen molar-refractivity contribution in [3.8, 4) is 56.0 Å². The van der Waals surface area contributed by atoms with Crippen LogP contribution in [0.3, 0.4) is 0 Å². The summed E-state index contributed by atoms with van der Waals surface area (Å²) < 4.78 is 0. The molecule has 32 heavy (non-hydrogen) atoms. The molecule has 154 valence electrons. The minimum absolute atomic E-state index is 0.117. The molecule has 0 aliphatic carbocycles. The van der Waals surface area contributed by atoms with E-state index in [4.69, 9.17) is 0 Å². The molecule has 0 heterocycles. The van der Waals surface area contributed by atoms with Gasteiger partial charge in [0.25, 0.3) is 0 Å². The molecule has 0 atom stereocenters. The van der Waals surface area contributed by atoms with Gasteiger partial charge in [-0.15, -0.1) is 0 Å². The highest BCUT2D eigenvalue weighted by Gasteiger charge is 2.27. The van der Waals surface area contributed by atoms with Crippen LogP contribution in [0.15, 0.2) is 121 Å². The summed E-state index contributed by atoms with van der Waals surface area (Å²) in [6, 6.07) is 39.6. The third-order valence-corrected chi connectivity index (χ3v) is 5.70. The third kappa shape index (κ3) is 3.42. The van der Waals surface area contributed by atoms with Gasteiger partial charge in [0, 0.05) is 22.3 Å². The Bertz CT molecular complexity index is 1240. The summed E-state index contributed by atoms with van der Waals surface area (Å²) in [7, 11) is 0. The van der Waals surface area contributed by atoms with E-state index in [0.717, 1.165) is 33.4 Å². The molecule has 0 radical (unpaired) electrons. The van der Waals surface area contributed by atoms with Crippen LogP contribution in [0.1, 0.15) is 0 Å². The normalized spacial score (nSPS) is 10.8. The van der Waals surface area contributed by atoms with Gasteiger partial charge in [0.2, 0.25) is 0 Å². The van der Waals surface area contributed by atoms with Gasteiger partial charge in [0.1, 0.15) is 0 Å². The van der Waals surface area contributed by atoms with Crippen molar-refractivity contribution >= 4 is 0 Å². The quantitative estimate of drug-likeness (QED) is 0.295. The van der Waals surface area contributed by atoms with Crippen LogP contribution in [-0.2, 0) is 0 Å². The maximum absolute atomic E-state index is 11.4. The molecule has 0 fully saturated rings. The Balaban J connectivity index is 2.00. The van der Waals surface area contributed by atoms with Crippen LogP contribution in [0.5, 0.6) is 11.5 Å². The summed E-state index contributed by atoms with van der Waals surface area (Å²) in [5.74, 6) is -0.234. The highest BCUT2D eigenvalue weighted by atomic mass is 16.3. The zero-order valence-electron chi connectivity index (χ0n) is 17.4. The number of hydrogen-bond donors (Lipinski definition) is 2. The maximum atomic E-state index is 11.4. The molecule has 0 saturated heterocycles. The van der Waals surface area contributed by atoms with Gasteiger partial charge in [-0.2, -0.15) is 0 Å². The van der Waals surface area contributed by atoms with E-state index < -0.39 is 0 Å². The van der Waals surface area contributed by atoms with Crippen LogP contribution in [0.2, 0.25) is 0 Å². The molecule has 0 unspecified atom stereocenters. The minimum Gasteiger partial charge on any atom is -0.504 e. The van der Waals surface area contributed by atoms with Crippen molar-refractivity contribution in [3.05, 3.63) is 121 Å². The molecule has 0 aliphatic heterocycles. The van der Waals surface area contributed by atoms with E-state index in [1.165, 1.54) is 0 Å². The minimum atomic E-state index is -0.117. The van der Waals surface area contributed by atoms with Crippen LogP contribution in [0, 0.1) is 0 Å². The topological polar surface area (TPSA) is 40.5 Å². The molecule has 0 bridgehead atoms. The molecule has 0 saturated carbocycles. The van der Waals surface area contributed by atoms with Crippen molar-refractivity contribution in [1.29, 1.82) is 0 Å². The van der Waals surface area contributed by atoms with Crippen molar-refractivity contribution in [1.82, 2.24) is 0 Å². The summed E-state index contributed by atoms with van der Waals surface area (Å²) in [5, 5.41) is 22.7. The number of phenolic OH excluding ortho intramolecular Hbond substituents is 2. The van der Waals surface area contributed by atoms with Crippen molar-refractivity contribution in [2.75, 3.05) is 0 Å². The first kappa shape index (κ1) is 19.7. The lowest BCUT2D eigenvalue weighted by Crippen LogP contribution is -1.96. The van der Waals surface area contributed by atoms with Crippen molar-refractivity contribution in [3.63, 3.8) is 0 Å². The van der Waals surface area contributed by atoms with Crippen LogP contribution < -0.4 is 0 Å². The molecular weight excluding hydrogens is 392 g/mol. The average molecular weight is 415 g/mol. The van der Waals surface area contributed by atoms with E-state index in [0.29, 0.717) is 11.1 Å². The predicted molar refractivity (Wildman–Crippen MR) is 132 cm³/mol. The van der Waals surface area contributed by atoms with Crippen LogP contribution in [0.4, 0.5) is 0 Å². The molecule has 5 aromatic rings. The molecule has 0 spiro atoms. The van der Waals surface area contributed by atoms with E-state index in [9.17, 15) is 10.2 Å². The second-order valence-electron chi connectivity index (χ2n) is 7.66. The Morgan fingerprint density at radius 2 is 0.500 bits per heavy atom. The van der Waals surface area contributed by atoms with Gasteiger partial charge in [-0.1, -0.05) is 121 Å². The van der Waals surface area contributed by atoms with Gasteiger partial charge in [-0.25, -0.2) is 0 Å². The van der Waals surface area contributed by atoms with Crippen molar-refractivity contribution in [2.45, 2.75) is 0 Å². The molecule has 0 aromatic heterocycles. The Kier molecular flexibility index (Phi) is 5.19. The largest absolute Gasteiger partial charge is 0.504 e. The van der Waals surface area contributed by atoms with Crippen LogP contribution in [0.25, 0.3) is 44.5 Å². The van der Waals surface area contributed by atoms with E-state index in [1.807, 2.05) is 121 Å². The third-order valence-electron chi connectivity index (χ3n) is 5.70. The first-order valence-corrected chi connectivity index (χ1v) is 10.6. The number of hydrogen-bond acceptors (Lipinski definition) is 2. The maximum Gasteiger partial charge on any atom is 0.166 e. The first-order chi connectivity index (χ1) is 15.8. The lowest BCUT2D eigenvalue weighted by molar-refractivity contribution is 0.407. The number of rotatable bonds is 4. The standard InChI is InChI=1S/C30H22O2/c31-29-27(23-17-9-3-10-18-23)25(21-13-5-1-6-14-21)26(22-15-7-2-8-16-22)28(30(29)32)24-19-11-4-12-20-24/h1-20,31-32H. The monoisotopic (exact) mass is 414 g/mol. The second-order valence-corrected chi connectivity index (χ2v) is 7.66. The summed E-state index contributed by atoms with van der Waals surface area (Å²) in [4.78, 5) is 0. The molecule has 0 amide bonds. The second kappa shape index (κ2) is 8.44. The SMILES string of the molecule is Oc1c(O)c(-c2ccccc2)c(-c2ccccc2)c(-c2ccccc2)c1-c1ccccc1. The van der Waals surface area contributed by atoms with Crippen LogP contribution >= 0.6 is 0 Å². The Labute approximate surface area is 187 Å². The summed E-state index contributed by atoms with van der Waals surface area (Å²) in [5.41, 5.74) is 6.64. The number of phenols is 2. The summed E-state index contributed by atoms with van der Waals surface area (Å²) in [6.45, 7) is 0. The summed E-state index contributed by atoms with van der Waals surface area (Å²) >= 11 is 0.